The molecule has 0 amide bonds. The Morgan fingerprint density at radius 2 is 1.00 bits per heavy atom. The van der Waals surface area contributed by atoms with Crippen LogP contribution in [0.25, 0.3) is 22.3 Å². The number of hydrogen-bond donors (Lipinski definition) is 0. The summed E-state index contributed by atoms with van der Waals surface area (Å²) >= 11 is 6.80. The molecule has 2 aliphatic rings. The van der Waals surface area contributed by atoms with Gasteiger partial charge < -0.3 is 0 Å². The van der Waals surface area contributed by atoms with E-state index < -0.39 is 8.83 Å². The van der Waals surface area contributed by atoms with Gasteiger partial charge in [0.1, 0.15) is 8.83 Å². The summed E-state index contributed by atoms with van der Waals surface area (Å²) in [7, 11) is -0.805. The molecule has 0 bridgehead atoms. The average Bonchev–Trinajstić information content (AvgIpc) is 3.34. The molecular weight excluding hydrogens is 388 g/mol. The molecule has 2 heteroatoms. The van der Waals surface area contributed by atoms with Crippen LogP contribution >= 0.6 is 11.1 Å². The molecule has 29 heavy (non-hydrogen) atoms. The van der Waals surface area contributed by atoms with E-state index in [1.807, 2.05) is 0 Å². The first-order chi connectivity index (χ1) is 14.3. The summed E-state index contributed by atoms with van der Waals surface area (Å²) in [6.45, 7) is 0. The van der Waals surface area contributed by atoms with Crippen LogP contribution in [0.3, 0.4) is 0 Å². The van der Waals surface area contributed by atoms with Gasteiger partial charge in [-0.15, -0.1) is 0 Å². The van der Waals surface area contributed by atoms with Gasteiger partial charge in [-0.3, -0.25) is 0 Å². The molecule has 0 aromatic heterocycles. The van der Waals surface area contributed by atoms with Crippen molar-refractivity contribution in [2.45, 2.75) is 18.4 Å². The van der Waals surface area contributed by atoms with E-state index in [1.54, 1.807) is 0 Å². The second-order valence-corrected chi connectivity index (χ2v) is 10.2. The van der Waals surface area contributed by atoms with Gasteiger partial charge in [-0.1, -0.05) is 84.9 Å². The predicted octanol–water partition coefficient (Wildman–Crippen LogP) is 6.24. The summed E-state index contributed by atoms with van der Waals surface area (Å²) in [4.78, 5) is 0. The zero-order chi connectivity index (χ0) is 19.4. The van der Waals surface area contributed by atoms with Crippen LogP contribution in [0.5, 0.6) is 0 Å². The Morgan fingerprint density at radius 1 is 0.552 bits per heavy atom. The summed E-state index contributed by atoms with van der Waals surface area (Å²) in [6, 6.07) is 31.3. The summed E-state index contributed by atoms with van der Waals surface area (Å²) in [6.07, 6.45) is 2.05. The molecule has 0 spiro atoms. The molecule has 0 fully saturated rings. The number of benzene rings is 4. The van der Waals surface area contributed by atoms with E-state index in [0.717, 1.165) is 12.8 Å². The van der Waals surface area contributed by atoms with E-state index >= 15 is 0 Å². The maximum absolute atomic E-state index is 6.80. The second kappa shape index (κ2) is 6.72. The Kier molecular flexibility index (Phi) is 4.00. The fraction of sp³-hybridized carbons (Fsp3) is 0.111. The van der Waals surface area contributed by atoms with E-state index in [4.69, 9.17) is 11.1 Å². The van der Waals surface area contributed by atoms with Gasteiger partial charge >= 0.3 is 0 Å². The predicted molar refractivity (Wildman–Crippen MR) is 126 cm³/mol. The van der Waals surface area contributed by atoms with Crippen LogP contribution in [0.4, 0.5) is 0 Å². The Labute approximate surface area is 178 Å². The van der Waals surface area contributed by atoms with Gasteiger partial charge in [-0.25, -0.2) is 0 Å². The largest absolute Gasteiger partial charge is 0.175 e. The van der Waals surface area contributed by atoms with Crippen LogP contribution in [0.2, 0.25) is 0 Å². The summed E-state index contributed by atoms with van der Waals surface area (Å²) in [5, 5.41) is 0. The van der Waals surface area contributed by atoms with Gasteiger partial charge in [-0.05, 0) is 68.5 Å². The quantitative estimate of drug-likeness (QED) is 0.240. The average molecular weight is 409 g/mol. The van der Waals surface area contributed by atoms with E-state index in [0.29, 0.717) is 5.54 Å². The molecule has 0 atom stereocenters. The summed E-state index contributed by atoms with van der Waals surface area (Å²) in [5.41, 5.74) is 14.7. The van der Waals surface area contributed by atoms with E-state index in [1.165, 1.54) is 55.6 Å². The van der Waals surface area contributed by atoms with Gasteiger partial charge in [0.2, 0.25) is 0 Å². The Balaban J connectivity index is 1.50. The van der Waals surface area contributed by atoms with Crippen LogP contribution in [-0.2, 0) is 12.8 Å². The molecule has 0 saturated carbocycles. The maximum atomic E-state index is 6.80. The van der Waals surface area contributed by atoms with Gasteiger partial charge in [0, 0.05) is 5.54 Å². The first-order valence-corrected chi connectivity index (χ1v) is 13.3. The zero-order valence-electron chi connectivity index (χ0n) is 16.2. The molecule has 0 heterocycles. The minimum absolute atomic E-state index is 0.352. The molecule has 0 aliphatic heterocycles. The molecule has 0 N–H and O–H groups in total. The van der Waals surface area contributed by atoms with E-state index in [-0.39, 0.29) is 0 Å². The normalized spacial score (nSPS) is 13.6. The van der Waals surface area contributed by atoms with Crippen LogP contribution in [0, 0.1) is 0 Å². The van der Waals surface area contributed by atoms with Crippen molar-refractivity contribution >= 4 is 19.9 Å². The number of halogens is 1. The first-order valence-electron chi connectivity index (χ1n) is 10.3. The Bertz CT molecular complexity index is 1160. The SMILES string of the molecule is Cl[SiH2]C(c1cccc2c1Cc1ccccc1-2)c1cccc2c1Cc1ccccc1-2. The van der Waals surface area contributed by atoms with Crippen molar-refractivity contribution in [3.8, 4) is 22.3 Å². The molecule has 0 saturated heterocycles. The highest BCUT2D eigenvalue weighted by molar-refractivity contribution is 6.94. The maximum Gasteiger partial charge on any atom is 0.137 e. The topological polar surface area (TPSA) is 0 Å². The molecule has 4 aromatic carbocycles. The molecule has 0 nitrogen and oxygen atoms in total. The lowest BCUT2D eigenvalue weighted by Gasteiger charge is -2.21. The Hall–Kier alpha value is -2.61. The zero-order valence-corrected chi connectivity index (χ0v) is 18.3. The third-order valence-electron chi connectivity index (χ3n) is 6.68. The molecular formula is C27H21ClSi. The summed E-state index contributed by atoms with van der Waals surface area (Å²) < 4.78 is 0. The number of rotatable bonds is 3. The van der Waals surface area contributed by atoms with Crippen LogP contribution in [0.15, 0.2) is 84.9 Å². The van der Waals surface area contributed by atoms with Crippen molar-refractivity contribution in [3.63, 3.8) is 0 Å². The molecule has 0 unspecified atom stereocenters. The molecule has 2 aliphatic carbocycles. The third kappa shape index (κ3) is 2.58. The van der Waals surface area contributed by atoms with Crippen molar-refractivity contribution in [2.75, 3.05) is 0 Å². The van der Waals surface area contributed by atoms with Crippen LogP contribution in [0.1, 0.15) is 38.9 Å². The van der Waals surface area contributed by atoms with E-state index in [2.05, 4.69) is 84.9 Å². The van der Waals surface area contributed by atoms with Crippen LogP contribution < -0.4 is 0 Å². The monoisotopic (exact) mass is 408 g/mol. The highest BCUT2D eigenvalue weighted by Gasteiger charge is 2.29. The van der Waals surface area contributed by atoms with Crippen LogP contribution in [-0.4, -0.2) is 8.83 Å². The smallest absolute Gasteiger partial charge is 0.137 e. The minimum atomic E-state index is -0.805. The number of hydrogen-bond acceptors (Lipinski definition) is 0. The fourth-order valence-electron chi connectivity index (χ4n) is 5.35. The van der Waals surface area contributed by atoms with Crippen molar-refractivity contribution < 1.29 is 0 Å². The minimum Gasteiger partial charge on any atom is -0.175 e. The lowest BCUT2D eigenvalue weighted by molar-refractivity contribution is 1.05. The Morgan fingerprint density at radius 3 is 1.48 bits per heavy atom. The molecule has 4 aromatic rings. The lowest BCUT2D eigenvalue weighted by Crippen LogP contribution is -2.11. The third-order valence-corrected chi connectivity index (χ3v) is 8.79. The number of fused-ring (bicyclic) bond motifs is 6. The van der Waals surface area contributed by atoms with Crippen molar-refractivity contribution in [1.29, 1.82) is 0 Å². The van der Waals surface area contributed by atoms with Crippen molar-refractivity contribution in [1.82, 2.24) is 0 Å². The highest BCUT2D eigenvalue weighted by atomic mass is 35.6. The molecule has 0 radical (unpaired) electrons. The highest BCUT2D eigenvalue weighted by Crippen LogP contribution is 2.45. The van der Waals surface area contributed by atoms with Gasteiger partial charge in [0.25, 0.3) is 0 Å². The lowest BCUT2D eigenvalue weighted by atomic mass is 9.91. The second-order valence-electron chi connectivity index (χ2n) is 8.12. The first kappa shape index (κ1) is 17.3. The van der Waals surface area contributed by atoms with Gasteiger partial charge in [0.15, 0.2) is 0 Å². The standard InChI is InChI=1S/C27H21ClSi/c28-29-27(23-13-5-11-21-19-9-3-1-7-17(19)15-25(21)23)24-14-6-12-22-20-10-4-2-8-18(20)16-26(22)24/h1-14,27H,15-16,29H2. The van der Waals surface area contributed by atoms with Gasteiger partial charge in [-0.2, -0.15) is 11.1 Å². The van der Waals surface area contributed by atoms with Crippen molar-refractivity contribution in [3.05, 3.63) is 118 Å². The van der Waals surface area contributed by atoms with Crippen molar-refractivity contribution in [2.24, 2.45) is 0 Å². The summed E-state index contributed by atoms with van der Waals surface area (Å²) in [5.74, 6) is 0. The van der Waals surface area contributed by atoms with Gasteiger partial charge in [0.05, 0.1) is 0 Å². The fourth-order valence-corrected chi connectivity index (χ4v) is 7.45. The molecule has 6 rings (SSSR count). The van der Waals surface area contributed by atoms with E-state index in [9.17, 15) is 0 Å². The molecule has 140 valence electrons.